The lowest BCUT2D eigenvalue weighted by Crippen LogP contribution is -2.04. The lowest BCUT2D eigenvalue weighted by atomic mass is 10.2. The summed E-state index contributed by atoms with van der Waals surface area (Å²) in [5.74, 6) is 0.589. The van der Waals surface area contributed by atoms with Crippen LogP contribution in [0.1, 0.15) is 19.2 Å². The number of hydrogen-bond donors (Lipinski definition) is 0. The fourth-order valence-corrected chi connectivity index (χ4v) is 2.24. The quantitative estimate of drug-likeness (QED) is 0.717. The first-order chi connectivity index (χ1) is 9.31. The minimum absolute atomic E-state index is 0.259. The van der Waals surface area contributed by atoms with Crippen molar-refractivity contribution in [3.63, 3.8) is 0 Å². The summed E-state index contributed by atoms with van der Waals surface area (Å²) >= 11 is 0. The van der Waals surface area contributed by atoms with Gasteiger partial charge in [0.25, 0.3) is 0 Å². The number of aryl methyl sites for hydroxylation is 1. The molecule has 0 saturated carbocycles. The SMILES string of the molecule is CCCc1nc2cccnc2n1-c1ccccc1F. The smallest absolute Gasteiger partial charge is 0.164 e. The van der Waals surface area contributed by atoms with E-state index in [1.807, 2.05) is 22.8 Å². The van der Waals surface area contributed by atoms with Crippen LogP contribution in [0.5, 0.6) is 0 Å². The monoisotopic (exact) mass is 255 g/mol. The fourth-order valence-electron chi connectivity index (χ4n) is 2.24. The van der Waals surface area contributed by atoms with Gasteiger partial charge in [0, 0.05) is 12.6 Å². The van der Waals surface area contributed by atoms with Gasteiger partial charge in [0.1, 0.15) is 17.2 Å². The molecule has 0 saturated heterocycles. The number of para-hydroxylation sites is 1. The first kappa shape index (κ1) is 11.8. The third-order valence-corrected chi connectivity index (χ3v) is 3.05. The number of aromatic nitrogens is 3. The summed E-state index contributed by atoms with van der Waals surface area (Å²) in [5.41, 5.74) is 2.01. The van der Waals surface area contributed by atoms with Crippen molar-refractivity contribution in [2.45, 2.75) is 19.8 Å². The minimum atomic E-state index is -0.259. The molecule has 0 atom stereocenters. The Kier molecular flexibility index (Phi) is 2.99. The topological polar surface area (TPSA) is 30.7 Å². The van der Waals surface area contributed by atoms with Crippen LogP contribution in [0.2, 0.25) is 0 Å². The van der Waals surface area contributed by atoms with E-state index in [0.29, 0.717) is 11.3 Å². The van der Waals surface area contributed by atoms with Crippen LogP contribution in [0.15, 0.2) is 42.6 Å². The molecule has 2 aromatic heterocycles. The molecule has 0 unspecified atom stereocenters. The van der Waals surface area contributed by atoms with Crippen molar-refractivity contribution in [2.75, 3.05) is 0 Å². The molecule has 2 heterocycles. The van der Waals surface area contributed by atoms with Crippen molar-refractivity contribution in [3.05, 3.63) is 54.2 Å². The molecule has 0 bridgehead atoms. The molecule has 96 valence electrons. The van der Waals surface area contributed by atoms with E-state index in [-0.39, 0.29) is 5.82 Å². The van der Waals surface area contributed by atoms with Gasteiger partial charge in [0.2, 0.25) is 0 Å². The van der Waals surface area contributed by atoms with E-state index in [2.05, 4.69) is 16.9 Å². The zero-order valence-corrected chi connectivity index (χ0v) is 10.7. The van der Waals surface area contributed by atoms with Crippen molar-refractivity contribution >= 4 is 11.2 Å². The number of pyridine rings is 1. The second kappa shape index (κ2) is 4.80. The maximum Gasteiger partial charge on any atom is 0.164 e. The molecule has 0 N–H and O–H groups in total. The van der Waals surface area contributed by atoms with Crippen molar-refractivity contribution in [3.8, 4) is 5.69 Å². The summed E-state index contributed by atoms with van der Waals surface area (Å²) in [4.78, 5) is 8.89. The normalized spacial score (nSPS) is 11.1. The Labute approximate surface area is 110 Å². The molecule has 0 radical (unpaired) electrons. The van der Waals surface area contributed by atoms with Gasteiger partial charge in [-0.15, -0.1) is 0 Å². The summed E-state index contributed by atoms with van der Waals surface area (Å²) in [6.07, 6.45) is 3.46. The molecule has 1 aromatic carbocycles. The lowest BCUT2D eigenvalue weighted by molar-refractivity contribution is 0.615. The summed E-state index contributed by atoms with van der Waals surface area (Å²) < 4.78 is 15.8. The van der Waals surface area contributed by atoms with Crippen molar-refractivity contribution in [1.82, 2.24) is 14.5 Å². The highest BCUT2D eigenvalue weighted by Crippen LogP contribution is 2.22. The van der Waals surface area contributed by atoms with Crippen molar-refractivity contribution in [2.24, 2.45) is 0 Å². The molecule has 3 aromatic rings. The van der Waals surface area contributed by atoms with E-state index in [9.17, 15) is 4.39 Å². The Morgan fingerprint density at radius 1 is 1.16 bits per heavy atom. The van der Waals surface area contributed by atoms with Crippen LogP contribution in [0.25, 0.3) is 16.9 Å². The fraction of sp³-hybridized carbons (Fsp3) is 0.200. The van der Waals surface area contributed by atoms with E-state index in [1.165, 1.54) is 6.07 Å². The highest BCUT2D eigenvalue weighted by molar-refractivity contribution is 5.73. The van der Waals surface area contributed by atoms with Crippen LogP contribution < -0.4 is 0 Å². The number of benzene rings is 1. The van der Waals surface area contributed by atoms with E-state index in [0.717, 1.165) is 24.2 Å². The molecule has 0 fully saturated rings. The molecule has 0 aliphatic carbocycles. The maximum atomic E-state index is 14.0. The van der Waals surface area contributed by atoms with Crippen LogP contribution >= 0.6 is 0 Å². The summed E-state index contributed by atoms with van der Waals surface area (Å²) in [7, 11) is 0. The first-order valence-electron chi connectivity index (χ1n) is 6.38. The Bertz CT molecular complexity index is 718. The third-order valence-electron chi connectivity index (χ3n) is 3.05. The average Bonchev–Trinajstić information content (AvgIpc) is 2.78. The second-order valence-corrected chi connectivity index (χ2v) is 4.41. The summed E-state index contributed by atoms with van der Waals surface area (Å²) in [5, 5.41) is 0. The second-order valence-electron chi connectivity index (χ2n) is 4.41. The van der Waals surface area contributed by atoms with Gasteiger partial charge in [0.15, 0.2) is 5.65 Å². The van der Waals surface area contributed by atoms with Crippen LogP contribution in [0, 0.1) is 5.82 Å². The zero-order valence-electron chi connectivity index (χ0n) is 10.7. The van der Waals surface area contributed by atoms with Crippen LogP contribution in [0.3, 0.4) is 0 Å². The zero-order chi connectivity index (χ0) is 13.2. The third kappa shape index (κ3) is 1.99. The average molecular weight is 255 g/mol. The van der Waals surface area contributed by atoms with E-state index in [4.69, 9.17) is 0 Å². The molecular formula is C15H14FN3. The standard InChI is InChI=1S/C15H14FN3/c1-2-6-14-18-12-8-5-10-17-15(12)19(14)13-9-4-3-7-11(13)16/h3-5,7-10H,2,6H2,1H3. The van der Waals surface area contributed by atoms with Crippen LogP contribution in [-0.4, -0.2) is 14.5 Å². The summed E-state index contributed by atoms with van der Waals surface area (Å²) in [6, 6.07) is 10.5. The number of nitrogens with zero attached hydrogens (tertiary/aromatic N) is 3. The Morgan fingerprint density at radius 3 is 2.79 bits per heavy atom. The molecule has 0 aliphatic heterocycles. The largest absolute Gasteiger partial charge is 0.278 e. The van der Waals surface area contributed by atoms with Gasteiger partial charge >= 0.3 is 0 Å². The Balaban J connectivity index is 2.31. The number of imidazole rings is 1. The van der Waals surface area contributed by atoms with Gasteiger partial charge < -0.3 is 0 Å². The summed E-state index contributed by atoms with van der Waals surface area (Å²) in [6.45, 7) is 2.08. The van der Waals surface area contributed by atoms with Gasteiger partial charge in [-0.3, -0.25) is 4.57 Å². The number of hydrogen-bond acceptors (Lipinski definition) is 2. The van der Waals surface area contributed by atoms with E-state index in [1.54, 1.807) is 18.3 Å². The molecular weight excluding hydrogens is 241 g/mol. The molecule has 3 nitrogen and oxygen atoms in total. The highest BCUT2D eigenvalue weighted by atomic mass is 19.1. The molecule has 3 rings (SSSR count). The van der Waals surface area contributed by atoms with E-state index >= 15 is 0 Å². The predicted molar refractivity (Wildman–Crippen MR) is 72.8 cm³/mol. The van der Waals surface area contributed by atoms with Crippen LogP contribution in [0.4, 0.5) is 4.39 Å². The van der Waals surface area contributed by atoms with Crippen LogP contribution in [-0.2, 0) is 6.42 Å². The first-order valence-corrected chi connectivity index (χ1v) is 6.38. The molecule has 0 spiro atoms. The lowest BCUT2D eigenvalue weighted by Gasteiger charge is -2.08. The highest BCUT2D eigenvalue weighted by Gasteiger charge is 2.14. The van der Waals surface area contributed by atoms with Gasteiger partial charge in [0.05, 0.1) is 5.69 Å². The molecule has 19 heavy (non-hydrogen) atoms. The Hall–Kier alpha value is -2.23. The minimum Gasteiger partial charge on any atom is -0.278 e. The molecule has 0 aliphatic rings. The van der Waals surface area contributed by atoms with Gasteiger partial charge in [-0.1, -0.05) is 19.1 Å². The van der Waals surface area contributed by atoms with Gasteiger partial charge in [-0.2, -0.15) is 0 Å². The van der Waals surface area contributed by atoms with Gasteiger partial charge in [-0.25, -0.2) is 14.4 Å². The maximum absolute atomic E-state index is 14.0. The van der Waals surface area contributed by atoms with Crippen molar-refractivity contribution < 1.29 is 4.39 Å². The van der Waals surface area contributed by atoms with Gasteiger partial charge in [-0.05, 0) is 30.7 Å². The van der Waals surface area contributed by atoms with E-state index < -0.39 is 0 Å². The molecule has 4 heteroatoms. The predicted octanol–water partition coefficient (Wildman–Crippen LogP) is 3.51. The number of rotatable bonds is 3. The van der Waals surface area contributed by atoms with Crippen molar-refractivity contribution in [1.29, 1.82) is 0 Å². The number of fused-ring (bicyclic) bond motifs is 1. The number of halogens is 1. The Morgan fingerprint density at radius 2 is 2.00 bits per heavy atom. The molecule has 0 amide bonds.